The van der Waals surface area contributed by atoms with E-state index in [2.05, 4.69) is 0 Å². The van der Waals surface area contributed by atoms with Gasteiger partial charge in [0.25, 0.3) is 0 Å². The van der Waals surface area contributed by atoms with Gasteiger partial charge in [-0.1, -0.05) is 24.3 Å². The number of hydrogen-bond donors (Lipinski definition) is 0. The number of carbonyl (C=O) groups is 3. The van der Waals surface area contributed by atoms with Gasteiger partial charge in [0, 0.05) is 12.3 Å². The molecule has 5 heteroatoms. The van der Waals surface area contributed by atoms with Crippen molar-refractivity contribution >= 4 is 23.3 Å². The molecular weight excluding hydrogens is 330 g/mol. The van der Waals surface area contributed by atoms with E-state index >= 15 is 0 Å². The van der Waals surface area contributed by atoms with Crippen LogP contribution in [0, 0.1) is 11.8 Å². The van der Waals surface area contributed by atoms with E-state index in [1.54, 1.807) is 31.4 Å². The van der Waals surface area contributed by atoms with Crippen molar-refractivity contribution < 1.29 is 19.1 Å². The summed E-state index contributed by atoms with van der Waals surface area (Å²) in [6.45, 7) is 0. The SMILES string of the molecule is COc1ccc(N2C(=O)[C@@H]3[C@@H](C2=O)[C@H]2C(=O)C[C@@H]3c3ccccc32)cc1. The number of Topliss-reactive ketones (excluding diaryl/α,β-unsaturated/α-hetero) is 1. The number of hydrogen-bond acceptors (Lipinski definition) is 4. The minimum atomic E-state index is -0.578. The standard InChI is InChI=1S/C21H17NO4/c1-26-12-8-6-11(7-9-12)22-20(24)18-15-10-16(23)17(19(18)21(22)25)14-5-3-2-4-13(14)15/h2-9,15,17-19H,10H2,1H3/t15-,17-,18+,19+/m1/s1. The Bertz CT molecular complexity index is 949. The van der Waals surface area contributed by atoms with Gasteiger partial charge < -0.3 is 4.74 Å². The Morgan fingerprint density at radius 3 is 2.23 bits per heavy atom. The molecule has 2 aromatic carbocycles. The summed E-state index contributed by atoms with van der Waals surface area (Å²) >= 11 is 0. The second kappa shape index (κ2) is 5.27. The number of ketones is 1. The first-order chi connectivity index (χ1) is 12.6. The van der Waals surface area contributed by atoms with Gasteiger partial charge in [-0.2, -0.15) is 0 Å². The second-order valence-corrected chi connectivity index (χ2v) is 7.14. The minimum Gasteiger partial charge on any atom is -0.497 e. The number of benzene rings is 2. The number of carbonyl (C=O) groups excluding carboxylic acids is 3. The van der Waals surface area contributed by atoms with Crippen LogP contribution in [-0.2, 0) is 14.4 Å². The van der Waals surface area contributed by atoms with Crippen molar-refractivity contribution in [3.05, 3.63) is 59.7 Å². The fourth-order valence-electron chi connectivity index (χ4n) is 4.95. The van der Waals surface area contributed by atoms with E-state index in [1.807, 2.05) is 24.3 Å². The van der Waals surface area contributed by atoms with Gasteiger partial charge >= 0.3 is 0 Å². The molecule has 4 aliphatic rings. The minimum absolute atomic E-state index is 0.0766. The fraction of sp³-hybridized carbons (Fsp3) is 0.286. The highest BCUT2D eigenvalue weighted by atomic mass is 16.5. The number of methoxy groups -OCH3 is 1. The Kier molecular flexibility index (Phi) is 3.11. The van der Waals surface area contributed by atoms with Crippen LogP contribution in [0.25, 0.3) is 0 Å². The van der Waals surface area contributed by atoms with E-state index in [0.717, 1.165) is 11.1 Å². The van der Waals surface area contributed by atoms with E-state index in [4.69, 9.17) is 4.74 Å². The predicted octanol–water partition coefficient (Wildman–Crippen LogP) is 2.65. The third-order valence-corrected chi connectivity index (χ3v) is 6.02. The molecule has 26 heavy (non-hydrogen) atoms. The van der Waals surface area contributed by atoms with Crippen LogP contribution in [0.3, 0.4) is 0 Å². The number of imide groups is 1. The normalized spacial score (nSPS) is 29.0. The third-order valence-electron chi connectivity index (χ3n) is 6.02. The first-order valence-corrected chi connectivity index (χ1v) is 8.75. The van der Waals surface area contributed by atoms with Crippen molar-refractivity contribution in [1.82, 2.24) is 0 Å². The molecule has 6 rings (SSSR count). The molecule has 0 aromatic heterocycles. The molecule has 2 fully saturated rings. The Morgan fingerprint density at radius 1 is 0.885 bits per heavy atom. The van der Waals surface area contributed by atoms with Crippen molar-refractivity contribution in [3.8, 4) is 5.75 Å². The smallest absolute Gasteiger partial charge is 0.238 e. The highest BCUT2D eigenvalue weighted by Gasteiger charge is 2.62. The maximum absolute atomic E-state index is 13.2. The molecule has 3 aliphatic carbocycles. The van der Waals surface area contributed by atoms with Crippen molar-refractivity contribution in [2.75, 3.05) is 12.0 Å². The lowest BCUT2D eigenvalue weighted by Crippen LogP contribution is -2.44. The average molecular weight is 347 g/mol. The Balaban J connectivity index is 1.61. The van der Waals surface area contributed by atoms with Crippen molar-refractivity contribution in [2.45, 2.75) is 18.3 Å². The Labute approximate surface area is 150 Å². The molecule has 130 valence electrons. The van der Waals surface area contributed by atoms with Gasteiger partial charge in [-0.05, 0) is 35.4 Å². The lowest BCUT2D eigenvalue weighted by molar-refractivity contribution is -0.134. The lowest BCUT2D eigenvalue weighted by Gasteiger charge is -2.43. The van der Waals surface area contributed by atoms with Gasteiger partial charge in [-0.15, -0.1) is 0 Å². The van der Waals surface area contributed by atoms with Gasteiger partial charge in [0.2, 0.25) is 11.8 Å². The molecule has 2 amide bonds. The third kappa shape index (κ3) is 1.83. The summed E-state index contributed by atoms with van der Waals surface area (Å²) in [5.74, 6) is -1.44. The van der Waals surface area contributed by atoms with Crippen LogP contribution in [0.1, 0.15) is 29.4 Å². The topological polar surface area (TPSA) is 63.7 Å². The molecule has 1 saturated carbocycles. The largest absolute Gasteiger partial charge is 0.497 e. The molecule has 1 aliphatic heterocycles. The maximum atomic E-state index is 13.2. The molecule has 0 radical (unpaired) electrons. The van der Waals surface area contributed by atoms with E-state index in [-0.39, 0.29) is 23.5 Å². The molecule has 5 nitrogen and oxygen atoms in total. The van der Waals surface area contributed by atoms with Crippen molar-refractivity contribution in [1.29, 1.82) is 0 Å². The molecule has 1 saturated heterocycles. The summed E-state index contributed by atoms with van der Waals surface area (Å²) in [6, 6.07) is 14.6. The number of ether oxygens (including phenoxy) is 1. The number of rotatable bonds is 2. The first kappa shape index (κ1) is 15.3. The lowest BCUT2D eigenvalue weighted by atomic mass is 9.56. The highest BCUT2D eigenvalue weighted by molar-refractivity contribution is 6.24. The summed E-state index contributed by atoms with van der Waals surface area (Å²) in [6.07, 6.45) is 0.346. The molecule has 0 N–H and O–H groups in total. The van der Waals surface area contributed by atoms with Crippen LogP contribution in [0.2, 0.25) is 0 Å². The van der Waals surface area contributed by atoms with Crippen molar-refractivity contribution in [3.63, 3.8) is 0 Å². The van der Waals surface area contributed by atoms with Gasteiger partial charge in [-0.3, -0.25) is 19.3 Å². The van der Waals surface area contributed by atoms with Gasteiger partial charge in [0.1, 0.15) is 11.5 Å². The summed E-state index contributed by atoms with van der Waals surface area (Å²) in [7, 11) is 1.57. The zero-order valence-corrected chi connectivity index (χ0v) is 14.2. The monoisotopic (exact) mass is 347 g/mol. The van der Waals surface area contributed by atoms with Gasteiger partial charge in [-0.25, -0.2) is 0 Å². The molecule has 2 aromatic rings. The van der Waals surface area contributed by atoms with E-state index in [9.17, 15) is 14.4 Å². The van der Waals surface area contributed by atoms with E-state index < -0.39 is 17.8 Å². The number of fused-ring (bicyclic) bond motifs is 1. The number of amides is 2. The highest BCUT2D eigenvalue weighted by Crippen LogP contribution is 2.57. The molecule has 0 spiro atoms. The molecule has 1 heterocycles. The van der Waals surface area contributed by atoms with Crippen LogP contribution in [-0.4, -0.2) is 24.7 Å². The summed E-state index contributed by atoms with van der Waals surface area (Å²) < 4.78 is 5.15. The summed E-state index contributed by atoms with van der Waals surface area (Å²) in [5.41, 5.74) is 2.51. The number of nitrogens with zero attached hydrogens (tertiary/aromatic N) is 1. The fourth-order valence-corrected chi connectivity index (χ4v) is 4.95. The quantitative estimate of drug-likeness (QED) is 0.784. The van der Waals surface area contributed by atoms with Gasteiger partial charge in [0.15, 0.2) is 0 Å². The molecule has 2 bridgehead atoms. The Hall–Kier alpha value is -2.95. The number of anilines is 1. The Morgan fingerprint density at radius 2 is 1.54 bits per heavy atom. The van der Waals surface area contributed by atoms with Crippen LogP contribution in [0.15, 0.2) is 48.5 Å². The van der Waals surface area contributed by atoms with E-state index in [1.165, 1.54) is 4.90 Å². The van der Waals surface area contributed by atoms with Crippen LogP contribution in [0.4, 0.5) is 5.69 Å². The maximum Gasteiger partial charge on any atom is 0.238 e. The molecule has 4 atom stereocenters. The zero-order valence-electron chi connectivity index (χ0n) is 14.2. The summed E-state index contributed by atoms with van der Waals surface area (Å²) in [4.78, 5) is 40.3. The molecule has 0 unspecified atom stereocenters. The second-order valence-electron chi connectivity index (χ2n) is 7.14. The predicted molar refractivity (Wildman–Crippen MR) is 94.0 cm³/mol. The molecular formula is C21H17NO4. The van der Waals surface area contributed by atoms with Crippen LogP contribution in [0.5, 0.6) is 5.75 Å². The summed E-state index contributed by atoms with van der Waals surface area (Å²) in [5, 5.41) is 0. The first-order valence-electron chi connectivity index (χ1n) is 8.75. The van der Waals surface area contributed by atoms with Crippen LogP contribution < -0.4 is 9.64 Å². The van der Waals surface area contributed by atoms with Gasteiger partial charge in [0.05, 0.1) is 30.6 Å². The van der Waals surface area contributed by atoms with E-state index in [0.29, 0.717) is 17.9 Å². The van der Waals surface area contributed by atoms with Crippen LogP contribution >= 0.6 is 0 Å². The average Bonchev–Trinajstić information content (AvgIpc) is 2.94. The zero-order chi connectivity index (χ0) is 18.0. The van der Waals surface area contributed by atoms with Crippen molar-refractivity contribution in [2.24, 2.45) is 11.8 Å².